The van der Waals surface area contributed by atoms with Gasteiger partial charge in [-0.2, -0.15) is 0 Å². The van der Waals surface area contributed by atoms with Crippen molar-refractivity contribution < 1.29 is 14.2 Å². The zero-order valence-electron chi connectivity index (χ0n) is 17.0. The van der Waals surface area contributed by atoms with E-state index in [1.165, 1.54) is 6.42 Å². The van der Waals surface area contributed by atoms with Gasteiger partial charge in [-0.3, -0.25) is 4.99 Å². The molecule has 0 radical (unpaired) electrons. The van der Waals surface area contributed by atoms with Crippen LogP contribution >= 0.6 is 0 Å². The molecule has 2 aliphatic heterocycles. The smallest absolute Gasteiger partial charge is 0.194 e. The van der Waals surface area contributed by atoms with Crippen LogP contribution in [0.3, 0.4) is 0 Å². The molecule has 1 saturated carbocycles. The highest BCUT2D eigenvalue weighted by molar-refractivity contribution is 5.80. The van der Waals surface area contributed by atoms with Gasteiger partial charge >= 0.3 is 0 Å². The zero-order chi connectivity index (χ0) is 18.6. The maximum Gasteiger partial charge on any atom is 0.194 e. The Morgan fingerprint density at radius 3 is 2.69 bits per heavy atom. The lowest BCUT2D eigenvalue weighted by Crippen LogP contribution is -2.68. The van der Waals surface area contributed by atoms with E-state index in [-0.39, 0.29) is 5.41 Å². The summed E-state index contributed by atoms with van der Waals surface area (Å²) in [4.78, 5) is 7.21. The van der Waals surface area contributed by atoms with Gasteiger partial charge in [0.2, 0.25) is 0 Å². The summed E-state index contributed by atoms with van der Waals surface area (Å²) in [5, 5.41) is 3.80. The number of nitrogens with one attached hydrogen (secondary N) is 1. The summed E-state index contributed by atoms with van der Waals surface area (Å²) in [5.74, 6) is 1.71. The molecule has 1 aliphatic carbocycles. The van der Waals surface area contributed by atoms with Gasteiger partial charge in [-0.25, -0.2) is 0 Å². The summed E-state index contributed by atoms with van der Waals surface area (Å²) >= 11 is 0. The normalized spacial score (nSPS) is 31.6. The lowest BCUT2D eigenvalue weighted by molar-refractivity contribution is -0.107. The molecule has 3 rings (SSSR count). The van der Waals surface area contributed by atoms with Crippen LogP contribution in [0.15, 0.2) is 4.99 Å². The molecule has 0 aromatic rings. The summed E-state index contributed by atoms with van der Waals surface area (Å²) in [6.07, 6.45) is 5.07. The Bertz CT molecular complexity index is 475. The Balaban J connectivity index is 1.49. The van der Waals surface area contributed by atoms with Crippen LogP contribution in [-0.2, 0) is 14.2 Å². The number of methoxy groups -OCH3 is 1. The van der Waals surface area contributed by atoms with Gasteiger partial charge in [-0.1, -0.05) is 13.8 Å². The number of nitrogens with zero attached hydrogens (tertiary/aromatic N) is 2. The van der Waals surface area contributed by atoms with Crippen LogP contribution in [0.1, 0.15) is 46.5 Å². The molecule has 2 heterocycles. The molecule has 1 N–H and O–H groups in total. The maximum atomic E-state index is 5.99. The third-order valence-corrected chi connectivity index (χ3v) is 6.28. The quantitative estimate of drug-likeness (QED) is 0.425. The van der Waals surface area contributed by atoms with E-state index in [9.17, 15) is 0 Å². The number of hydrogen-bond donors (Lipinski definition) is 1. The summed E-state index contributed by atoms with van der Waals surface area (Å²) < 4.78 is 17.0. The van der Waals surface area contributed by atoms with Crippen LogP contribution in [0.5, 0.6) is 0 Å². The number of likely N-dealkylation sites (tertiary alicyclic amines) is 1. The van der Waals surface area contributed by atoms with E-state index >= 15 is 0 Å². The van der Waals surface area contributed by atoms with Gasteiger partial charge in [0.25, 0.3) is 0 Å². The van der Waals surface area contributed by atoms with Gasteiger partial charge < -0.3 is 24.4 Å². The van der Waals surface area contributed by atoms with Gasteiger partial charge in [-0.05, 0) is 32.6 Å². The second kappa shape index (κ2) is 8.89. The number of guanidine groups is 1. The van der Waals surface area contributed by atoms with E-state index in [0.717, 1.165) is 64.7 Å². The third-order valence-electron chi connectivity index (χ3n) is 6.28. The first-order chi connectivity index (χ1) is 12.6. The Labute approximate surface area is 158 Å². The predicted octanol–water partition coefficient (Wildman–Crippen LogP) is 2.28. The van der Waals surface area contributed by atoms with Crippen LogP contribution in [-0.4, -0.2) is 75.7 Å². The van der Waals surface area contributed by atoms with Crippen molar-refractivity contribution in [2.75, 3.05) is 46.6 Å². The SMILES string of the molecule is CCN=C(NC1C2CCOC2C1(C)C)N1CCC(OCCCOC)CC1. The van der Waals surface area contributed by atoms with Crippen molar-refractivity contribution in [1.29, 1.82) is 0 Å². The molecule has 0 spiro atoms. The molecule has 6 heteroatoms. The first-order valence-electron chi connectivity index (χ1n) is 10.4. The van der Waals surface area contributed by atoms with Crippen molar-refractivity contribution in [3.63, 3.8) is 0 Å². The molecule has 3 aliphatic rings. The minimum absolute atomic E-state index is 0.179. The molecule has 150 valence electrons. The lowest BCUT2D eigenvalue weighted by Gasteiger charge is -2.55. The Kier molecular flexibility index (Phi) is 6.81. The van der Waals surface area contributed by atoms with Gasteiger partial charge in [0.15, 0.2) is 5.96 Å². The van der Waals surface area contributed by atoms with E-state index in [1.54, 1.807) is 7.11 Å². The van der Waals surface area contributed by atoms with Gasteiger partial charge in [0, 0.05) is 63.9 Å². The van der Waals surface area contributed by atoms with E-state index < -0.39 is 0 Å². The number of aliphatic imine (C=N–C) groups is 1. The monoisotopic (exact) mass is 367 g/mol. The average Bonchev–Trinajstić information content (AvgIpc) is 3.10. The second-order valence-corrected chi connectivity index (χ2v) is 8.39. The summed E-state index contributed by atoms with van der Waals surface area (Å²) in [6, 6.07) is 0.461. The van der Waals surface area contributed by atoms with Crippen LogP contribution in [0.25, 0.3) is 0 Å². The van der Waals surface area contributed by atoms with Crippen LogP contribution in [0.2, 0.25) is 0 Å². The fourth-order valence-corrected chi connectivity index (χ4v) is 4.83. The molecule has 3 atom stereocenters. The third kappa shape index (κ3) is 4.18. The highest BCUT2D eigenvalue weighted by Gasteiger charge is 2.59. The molecule has 0 aromatic carbocycles. The van der Waals surface area contributed by atoms with Crippen LogP contribution in [0.4, 0.5) is 0 Å². The fraction of sp³-hybridized carbons (Fsp3) is 0.950. The first kappa shape index (κ1) is 19.9. The molecular weight excluding hydrogens is 330 g/mol. The fourth-order valence-electron chi connectivity index (χ4n) is 4.83. The summed E-state index contributed by atoms with van der Waals surface area (Å²) in [7, 11) is 1.74. The number of piperidine rings is 1. The van der Waals surface area contributed by atoms with Crippen molar-refractivity contribution >= 4 is 5.96 Å². The minimum Gasteiger partial charge on any atom is -0.385 e. The molecule has 3 fully saturated rings. The van der Waals surface area contributed by atoms with Crippen molar-refractivity contribution in [2.45, 2.75) is 64.7 Å². The molecule has 2 saturated heterocycles. The standard InChI is InChI=1S/C20H37N3O3/c1-5-21-19(22-17-16-9-14-26-18(16)20(17,2)3)23-10-7-15(8-11-23)25-13-6-12-24-4/h15-18H,5-14H2,1-4H3,(H,21,22). The van der Waals surface area contributed by atoms with E-state index in [4.69, 9.17) is 19.2 Å². The van der Waals surface area contributed by atoms with E-state index in [1.807, 2.05) is 0 Å². The largest absolute Gasteiger partial charge is 0.385 e. The molecular formula is C20H37N3O3. The van der Waals surface area contributed by atoms with Crippen molar-refractivity contribution in [1.82, 2.24) is 10.2 Å². The number of fused-ring (bicyclic) bond motifs is 1. The van der Waals surface area contributed by atoms with E-state index in [2.05, 4.69) is 31.0 Å². The first-order valence-corrected chi connectivity index (χ1v) is 10.4. The summed E-state index contributed by atoms with van der Waals surface area (Å²) in [6.45, 7) is 12.1. The Morgan fingerprint density at radius 1 is 1.23 bits per heavy atom. The molecule has 0 bridgehead atoms. The summed E-state index contributed by atoms with van der Waals surface area (Å²) in [5.41, 5.74) is 0.179. The van der Waals surface area contributed by atoms with Crippen molar-refractivity contribution in [2.24, 2.45) is 16.3 Å². The lowest BCUT2D eigenvalue weighted by atomic mass is 9.57. The Morgan fingerprint density at radius 2 is 2.00 bits per heavy atom. The van der Waals surface area contributed by atoms with Crippen molar-refractivity contribution in [3.8, 4) is 0 Å². The molecule has 0 aromatic heterocycles. The zero-order valence-corrected chi connectivity index (χ0v) is 17.0. The topological polar surface area (TPSA) is 55.3 Å². The highest BCUT2D eigenvalue weighted by Crippen LogP contribution is 2.52. The minimum atomic E-state index is 0.179. The van der Waals surface area contributed by atoms with E-state index in [0.29, 0.717) is 24.2 Å². The molecule has 0 amide bonds. The molecule has 26 heavy (non-hydrogen) atoms. The average molecular weight is 368 g/mol. The van der Waals surface area contributed by atoms with Crippen molar-refractivity contribution in [3.05, 3.63) is 0 Å². The van der Waals surface area contributed by atoms with Gasteiger partial charge in [0.05, 0.1) is 12.2 Å². The predicted molar refractivity (Wildman–Crippen MR) is 104 cm³/mol. The highest BCUT2D eigenvalue weighted by atomic mass is 16.5. The van der Waals surface area contributed by atoms with Gasteiger partial charge in [0.1, 0.15) is 0 Å². The molecule has 3 unspecified atom stereocenters. The number of ether oxygens (including phenoxy) is 3. The second-order valence-electron chi connectivity index (χ2n) is 8.39. The van der Waals surface area contributed by atoms with Crippen LogP contribution < -0.4 is 5.32 Å². The van der Waals surface area contributed by atoms with Gasteiger partial charge in [-0.15, -0.1) is 0 Å². The number of rotatable bonds is 7. The number of hydrogen-bond acceptors (Lipinski definition) is 4. The molecule has 6 nitrogen and oxygen atoms in total. The maximum absolute atomic E-state index is 5.99. The van der Waals surface area contributed by atoms with Crippen LogP contribution in [0, 0.1) is 11.3 Å². The Hall–Kier alpha value is -0.850.